The molecule has 5 nitrogen and oxygen atoms in total. The van der Waals surface area contributed by atoms with Gasteiger partial charge in [0.25, 0.3) is 0 Å². The molecule has 1 aliphatic rings. The fourth-order valence-electron chi connectivity index (χ4n) is 2.49. The van der Waals surface area contributed by atoms with Crippen molar-refractivity contribution in [3.05, 3.63) is 17.7 Å². The van der Waals surface area contributed by atoms with Crippen molar-refractivity contribution in [3.8, 4) is 6.07 Å². The maximum atomic E-state index is 12.9. The zero-order valence-corrected chi connectivity index (χ0v) is 10.4. The van der Waals surface area contributed by atoms with Crippen LogP contribution in [0.4, 0.5) is 13.2 Å². The second-order valence-corrected chi connectivity index (χ2v) is 4.81. The van der Waals surface area contributed by atoms with Gasteiger partial charge in [-0.25, -0.2) is 9.78 Å². The van der Waals surface area contributed by atoms with Crippen LogP contribution in [0.2, 0.25) is 0 Å². The number of nitriles is 1. The van der Waals surface area contributed by atoms with Crippen molar-refractivity contribution in [1.82, 2.24) is 9.55 Å². The quantitative estimate of drug-likeness (QED) is 0.926. The van der Waals surface area contributed by atoms with Crippen molar-refractivity contribution in [2.45, 2.75) is 37.9 Å². The predicted octanol–water partition coefficient (Wildman–Crippen LogP) is 2.55. The Morgan fingerprint density at radius 3 is 2.85 bits per heavy atom. The average Bonchev–Trinajstić information content (AvgIpc) is 2.78. The van der Waals surface area contributed by atoms with Crippen LogP contribution in [0.1, 0.15) is 41.5 Å². The number of aromatic nitrogens is 2. The lowest BCUT2D eigenvalue weighted by atomic mass is 9.87. The SMILES string of the molecule is N#CCC[C@H]1C[C@@H](C(F)(F)F)Cn2cc(C(=O)O)nc21. The van der Waals surface area contributed by atoms with Gasteiger partial charge in [0.1, 0.15) is 5.82 Å². The van der Waals surface area contributed by atoms with Crippen LogP contribution in [0, 0.1) is 17.2 Å². The zero-order chi connectivity index (χ0) is 14.9. The molecule has 1 aliphatic heterocycles. The monoisotopic (exact) mass is 287 g/mol. The summed E-state index contributed by atoms with van der Waals surface area (Å²) in [7, 11) is 0. The molecule has 20 heavy (non-hydrogen) atoms. The minimum Gasteiger partial charge on any atom is -0.476 e. The van der Waals surface area contributed by atoms with E-state index in [1.807, 2.05) is 6.07 Å². The molecule has 1 aromatic heterocycles. The first-order valence-corrected chi connectivity index (χ1v) is 6.07. The molecule has 0 unspecified atom stereocenters. The van der Waals surface area contributed by atoms with Crippen molar-refractivity contribution >= 4 is 5.97 Å². The van der Waals surface area contributed by atoms with E-state index in [0.29, 0.717) is 5.82 Å². The third kappa shape index (κ3) is 2.76. The molecule has 0 spiro atoms. The van der Waals surface area contributed by atoms with E-state index in [2.05, 4.69) is 4.98 Å². The van der Waals surface area contributed by atoms with Crippen LogP contribution in [0.15, 0.2) is 6.20 Å². The van der Waals surface area contributed by atoms with Gasteiger partial charge in [-0.2, -0.15) is 18.4 Å². The summed E-state index contributed by atoms with van der Waals surface area (Å²) in [6.45, 7) is -0.317. The van der Waals surface area contributed by atoms with Crippen molar-refractivity contribution in [3.63, 3.8) is 0 Å². The molecule has 2 heterocycles. The largest absolute Gasteiger partial charge is 0.476 e. The summed E-state index contributed by atoms with van der Waals surface area (Å²) >= 11 is 0. The van der Waals surface area contributed by atoms with Gasteiger partial charge in [-0.15, -0.1) is 0 Å². The first-order chi connectivity index (χ1) is 9.32. The fourth-order valence-corrected chi connectivity index (χ4v) is 2.49. The third-order valence-corrected chi connectivity index (χ3v) is 3.45. The molecule has 0 fully saturated rings. The summed E-state index contributed by atoms with van der Waals surface area (Å²) in [6, 6.07) is 1.89. The Hall–Kier alpha value is -2.04. The molecular weight excluding hydrogens is 275 g/mol. The van der Waals surface area contributed by atoms with Gasteiger partial charge >= 0.3 is 12.1 Å². The number of carbonyl (C=O) groups is 1. The molecular formula is C12H12F3N3O2. The van der Waals surface area contributed by atoms with Crippen molar-refractivity contribution in [2.24, 2.45) is 5.92 Å². The van der Waals surface area contributed by atoms with E-state index in [1.54, 1.807) is 0 Å². The summed E-state index contributed by atoms with van der Waals surface area (Å²) < 4.78 is 39.9. The maximum absolute atomic E-state index is 12.9. The number of rotatable bonds is 3. The first kappa shape index (κ1) is 14.4. The molecule has 8 heteroatoms. The maximum Gasteiger partial charge on any atom is 0.393 e. The molecule has 0 aromatic carbocycles. The second kappa shape index (κ2) is 5.15. The summed E-state index contributed by atoms with van der Waals surface area (Å²) in [5.41, 5.74) is -0.259. The molecule has 1 aromatic rings. The minimum atomic E-state index is -4.34. The normalized spacial score (nSPS) is 22.1. The van der Waals surface area contributed by atoms with Crippen LogP contribution in [-0.2, 0) is 6.54 Å². The molecule has 0 saturated carbocycles. The van der Waals surface area contributed by atoms with Crippen LogP contribution in [0.3, 0.4) is 0 Å². The summed E-state index contributed by atoms with van der Waals surface area (Å²) in [4.78, 5) is 14.8. The van der Waals surface area contributed by atoms with E-state index < -0.39 is 24.0 Å². The average molecular weight is 287 g/mol. The van der Waals surface area contributed by atoms with Crippen LogP contribution in [0.5, 0.6) is 0 Å². The topological polar surface area (TPSA) is 78.9 Å². The van der Waals surface area contributed by atoms with Gasteiger partial charge in [-0.3, -0.25) is 0 Å². The molecule has 0 bridgehead atoms. The Morgan fingerprint density at radius 2 is 2.30 bits per heavy atom. The summed E-state index contributed by atoms with van der Waals surface area (Å²) in [6.07, 6.45) is -2.99. The van der Waals surface area contributed by atoms with Gasteiger partial charge in [0, 0.05) is 25.1 Å². The molecule has 1 N–H and O–H groups in total. The van der Waals surface area contributed by atoms with E-state index in [9.17, 15) is 18.0 Å². The Kier molecular flexibility index (Phi) is 3.70. The van der Waals surface area contributed by atoms with E-state index in [4.69, 9.17) is 10.4 Å². The molecule has 0 saturated heterocycles. The van der Waals surface area contributed by atoms with E-state index in [-0.39, 0.29) is 31.5 Å². The number of halogens is 3. The number of carboxylic acid groups (broad SMARTS) is 1. The van der Waals surface area contributed by atoms with Gasteiger partial charge in [-0.05, 0) is 12.8 Å². The van der Waals surface area contributed by atoms with Crippen LogP contribution < -0.4 is 0 Å². The minimum absolute atomic E-state index is 0.116. The molecule has 0 amide bonds. The highest BCUT2D eigenvalue weighted by atomic mass is 19.4. The number of fused-ring (bicyclic) bond motifs is 1. The highest BCUT2D eigenvalue weighted by Gasteiger charge is 2.44. The molecule has 2 atom stereocenters. The summed E-state index contributed by atoms with van der Waals surface area (Å²) in [5.74, 6) is -3.01. The van der Waals surface area contributed by atoms with E-state index >= 15 is 0 Å². The second-order valence-electron chi connectivity index (χ2n) is 4.81. The Bertz CT molecular complexity index is 559. The Labute approximate surface area is 112 Å². The van der Waals surface area contributed by atoms with Crippen LogP contribution in [-0.4, -0.2) is 26.8 Å². The van der Waals surface area contributed by atoms with Gasteiger partial charge < -0.3 is 9.67 Å². The number of nitrogens with zero attached hydrogens (tertiary/aromatic N) is 3. The van der Waals surface area contributed by atoms with Crippen molar-refractivity contribution in [2.75, 3.05) is 0 Å². The Balaban J connectivity index is 2.33. The third-order valence-electron chi connectivity index (χ3n) is 3.45. The lowest BCUT2D eigenvalue weighted by molar-refractivity contribution is -0.184. The number of aromatic carboxylic acids is 1. The number of alkyl halides is 3. The van der Waals surface area contributed by atoms with E-state index in [1.165, 1.54) is 4.57 Å². The highest BCUT2D eigenvalue weighted by molar-refractivity contribution is 5.85. The molecule has 2 rings (SSSR count). The Morgan fingerprint density at radius 1 is 1.60 bits per heavy atom. The number of carboxylic acids is 1. The van der Waals surface area contributed by atoms with E-state index in [0.717, 1.165) is 6.20 Å². The van der Waals surface area contributed by atoms with Crippen LogP contribution in [0.25, 0.3) is 0 Å². The standard InChI is InChI=1S/C12H12F3N3O2/c13-12(14,15)8-4-7(2-1-3-16)10-17-9(11(19)20)6-18(10)5-8/h6-8H,1-2,4-5H2,(H,19,20)/t7-,8+/m0/s1. The van der Waals surface area contributed by atoms with Gasteiger partial charge in [0.05, 0.1) is 12.0 Å². The first-order valence-electron chi connectivity index (χ1n) is 6.07. The van der Waals surface area contributed by atoms with Crippen LogP contribution >= 0.6 is 0 Å². The smallest absolute Gasteiger partial charge is 0.393 e. The predicted molar refractivity (Wildman–Crippen MR) is 60.9 cm³/mol. The van der Waals surface area contributed by atoms with Crippen molar-refractivity contribution < 1.29 is 23.1 Å². The van der Waals surface area contributed by atoms with Gasteiger partial charge in [0.2, 0.25) is 0 Å². The summed E-state index contributed by atoms with van der Waals surface area (Å²) in [5, 5.41) is 17.4. The fraction of sp³-hybridized carbons (Fsp3) is 0.583. The molecule has 0 radical (unpaired) electrons. The van der Waals surface area contributed by atoms with Crippen molar-refractivity contribution in [1.29, 1.82) is 5.26 Å². The lowest BCUT2D eigenvalue weighted by Crippen LogP contribution is -2.34. The number of hydrogen-bond acceptors (Lipinski definition) is 3. The zero-order valence-electron chi connectivity index (χ0n) is 10.4. The number of imidazole rings is 1. The van der Waals surface area contributed by atoms with Gasteiger partial charge in [-0.1, -0.05) is 0 Å². The lowest BCUT2D eigenvalue weighted by Gasteiger charge is -2.31. The molecule has 0 aliphatic carbocycles. The molecule has 108 valence electrons. The number of hydrogen-bond donors (Lipinski definition) is 1. The van der Waals surface area contributed by atoms with Gasteiger partial charge in [0.15, 0.2) is 5.69 Å². The highest BCUT2D eigenvalue weighted by Crippen LogP contribution is 2.41.